The summed E-state index contributed by atoms with van der Waals surface area (Å²) < 4.78 is 2.21. The van der Waals surface area contributed by atoms with Gasteiger partial charge < -0.3 is 9.88 Å². The van der Waals surface area contributed by atoms with Gasteiger partial charge in [0.1, 0.15) is 0 Å². The zero-order valence-electron chi connectivity index (χ0n) is 15.0. The largest absolute Gasteiger partial charge is 0.340 e. The Morgan fingerprint density at radius 1 is 1.15 bits per heavy atom. The van der Waals surface area contributed by atoms with E-state index in [1.54, 1.807) is 0 Å². The highest BCUT2D eigenvalue weighted by atomic mass is 32.2. The van der Waals surface area contributed by atoms with Crippen molar-refractivity contribution in [1.82, 2.24) is 9.88 Å². The summed E-state index contributed by atoms with van der Waals surface area (Å²) in [6.45, 7) is 6.67. The van der Waals surface area contributed by atoms with Gasteiger partial charge in [-0.2, -0.15) is 0 Å². The summed E-state index contributed by atoms with van der Waals surface area (Å²) in [5.74, 6) is -0.116. The van der Waals surface area contributed by atoms with Crippen LogP contribution in [0.1, 0.15) is 11.3 Å². The fourth-order valence-corrected chi connectivity index (χ4v) is 4.06. The van der Waals surface area contributed by atoms with E-state index in [-0.39, 0.29) is 5.91 Å². The van der Waals surface area contributed by atoms with E-state index >= 15 is 0 Å². The third-order valence-electron chi connectivity index (χ3n) is 4.50. The lowest BCUT2D eigenvalue weighted by Crippen LogP contribution is -2.19. The molecule has 2 heterocycles. The topological polar surface area (TPSA) is 46.4 Å². The molecule has 4 rings (SSSR count). The summed E-state index contributed by atoms with van der Waals surface area (Å²) in [5, 5.41) is 4.59. The zero-order valence-corrected chi connectivity index (χ0v) is 15.8. The summed E-state index contributed by atoms with van der Waals surface area (Å²) in [4.78, 5) is 17.6. The van der Waals surface area contributed by atoms with Crippen molar-refractivity contribution in [2.45, 2.75) is 13.5 Å². The highest BCUT2D eigenvalue weighted by Crippen LogP contribution is 2.33. The molecule has 0 bridgehead atoms. The number of thioether (sulfide) groups is 1. The maximum absolute atomic E-state index is 12.5. The summed E-state index contributed by atoms with van der Waals surface area (Å²) >= 11 is 1.37. The minimum atomic E-state index is -0.116. The Kier molecular flexibility index (Phi) is 4.69. The molecular formula is C22H19N3OS. The number of aromatic nitrogens is 1. The molecule has 1 amide bonds. The van der Waals surface area contributed by atoms with Gasteiger partial charge in [-0.15, -0.1) is 6.58 Å². The summed E-state index contributed by atoms with van der Waals surface area (Å²) in [6.07, 6.45) is 3.85. The van der Waals surface area contributed by atoms with Gasteiger partial charge >= 0.3 is 0 Å². The highest BCUT2D eigenvalue weighted by Gasteiger charge is 2.25. The maximum Gasteiger partial charge on any atom is 0.264 e. The van der Waals surface area contributed by atoms with Crippen LogP contribution in [0.25, 0.3) is 17.0 Å². The Labute approximate surface area is 162 Å². The first-order valence-electron chi connectivity index (χ1n) is 8.70. The molecule has 0 unspecified atom stereocenters. The molecule has 1 fully saturated rings. The van der Waals surface area contributed by atoms with Gasteiger partial charge in [0, 0.05) is 28.7 Å². The number of hydrogen-bond acceptors (Lipinski definition) is 3. The van der Waals surface area contributed by atoms with E-state index in [9.17, 15) is 4.79 Å². The molecule has 3 aromatic rings. The van der Waals surface area contributed by atoms with Gasteiger partial charge in [0.25, 0.3) is 5.91 Å². The molecule has 1 aromatic heterocycles. The van der Waals surface area contributed by atoms with Gasteiger partial charge in [0.15, 0.2) is 5.17 Å². The van der Waals surface area contributed by atoms with Gasteiger partial charge in [0.05, 0.1) is 10.6 Å². The van der Waals surface area contributed by atoms with Crippen LogP contribution in [0.3, 0.4) is 0 Å². The molecule has 0 saturated carbocycles. The average molecular weight is 373 g/mol. The fourth-order valence-electron chi connectivity index (χ4n) is 3.24. The van der Waals surface area contributed by atoms with Crippen molar-refractivity contribution in [2.75, 3.05) is 0 Å². The van der Waals surface area contributed by atoms with Crippen molar-refractivity contribution < 1.29 is 4.79 Å². The number of benzene rings is 2. The fraction of sp³-hybridized carbons (Fsp3) is 0.0909. The second-order valence-electron chi connectivity index (χ2n) is 6.23. The molecule has 27 heavy (non-hydrogen) atoms. The number of rotatable bonds is 4. The molecule has 1 N–H and O–H groups in total. The number of amides is 1. The molecule has 1 aliphatic heterocycles. The van der Waals surface area contributed by atoms with Gasteiger partial charge in [-0.1, -0.05) is 42.5 Å². The number of carbonyl (C=O) groups excluding carboxylic acids is 1. The zero-order chi connectivity index (χ0) is 18.8. The van der Waals surface area contributed by atoms with Crippen LogP contribution < -0.4 is 5.32 Å². The minimum Gasteiger partial charge on any atom is -0.340 e. The van der Waals surface area contributed by atoms with E-state index in [4.69, 9.17) is 0 Å². The molecule has 1 aliphatic rings. The van der Waals surface area contributed by atoms with Crippen molar-refractivity contribution in [3.8, 4) is 0 Å². The molecule has 134 valence electrons. The number of para-hydroxylation sites is 2. The monoisotopic (exact) mass is 373 g/mol. The summed E-state index contributed by atoms with van der Waals surface area (Å²) in [7, 11) is 0. The second kappa shape index (κ2) is 7.29. The highest BCUT2D eigenvalue weighted by molar-refractivity contribution is 8.18. The van der Waals surface area contributed by atoms with Crippen molar-refractivity contribution in [2.24, 2.45) is 4.99 Å². The van der Waals surface area contributed by atoms with Gasteiger partial charge in [0.2, 0.25) is 0 Å². The normalized spacial score (nSPS) is 17.0. The molecular weight excluding hydrogens is 354 g/mol. The van der Waals surface area contributed by atoms with Crippen LogP contribution in [-0.2, 0) is 11.3 Å². The number of carbonyl (C=O) groups is 1. The van der Waals surface area contributed by atoms with Crippen LogP contribution in [0.5, 0.6) is 0 Å². The van der Waals surface area contributed by atoms with Crippen molar-refractivity contribution in [3.05, 3.63) is 83.4 Å². The summed E-state index contributed by atoms with van der Waals surface area (Å²) in [5.41, 5.74) is 4.14. The molecule has 2 aromatic carbocycles. The Bertz CT molecular complexity index is 1090. The van der Waals surface area contributed by atoms with Crippen LogP contribution in [0, 0.1) is 6.92 Å². The number of aliphatic imine (C=N–C) groups is 1. The van der Waals surface area contributed by atoms with E-state index in [2.05, 4.69) is 40.5 Å². The Morgan fingerprint density at radius 2 is 1.89 bits per heavy atom. The lowest BCUT2D eigenvalue weighted by atomic mass is 10.1. The lowest BCUT2D eigenvalue weighted by Gasteiger charge is -2.04. The van der Waals surface area contributed by atoms with Gasteiger partial charge in [-0.05, 0) is 43.0 Å². The third kappa shape index (κ3) is 3.34. The predicted octanol–water partition coefficient (Wildman–Crippen LogP) is 5.03. The number of fused-ring (bicyclic) bond motifs is 1. The molecule has 0 radical (unpaired) electrons. The first kappa shape index (κ1) is 17.4. The number of allylic oxidation sites excluding steroid dienone is 1. The van der Waals surface area contributed by atoms with Crippen LogP contribution in [0.4, 0.5) is 5.69 Å². The van der Waals surface area contributed by atoms with Crippen LogP contribution in [0.15, 0.2) is 77.1 Å². The average Bonchev–Trinajstić information content (AvgIpc) is 3.15. The third-order valence-corrected chi connectivity index (χ3v) is 5.41. The Morgan fingerprint density at radius 3 is 2.67 bits per heavy atom. The van der Waals surface area contributed by atoms with Crippen molar-refractivity contribution in [3.63, 3.8) is 0 Å². The number of hydrogen-bond donors (Lipinski definition) is 1. The SMILES string of the molecule is C=CCn1c(C)c(/C=C2\SC(=Nc3ccccc3)NC2=O)c2ccccc21. The molecule has 1 saturated heterocycles. The molecule has 5 heteroatoms. The standard InChI is InChI=1S/C22H19N3OS/c1-3-13-25-15(2)18(17-11-7-8-12-19(17)25)14-20-21(26)24-22(27-20)23-16-9-5-4-6-10-16/h3-12,14H,1,13H2,2H3,(H,23,24,26)/b20-14-. The van der Waals surface area contributed by atoms with E-state index in [0.717, 1.165) is 34.4 Å². The lowest BCUT2D eigenvalue weighted by molar-refractivity contribution is -0.115. The van der Waals surface area contributed by atoms with Crippen LogP contribution >= 0.6 is 11.8 Å². The maximum atomic E-state index is 12.5. The number of amidine groups is 1. The van der Waals surface area contributed by atoms with E-state index in [1.165, 1.54) is 11.8 Å². The molecule has 4 nitrogen and oxygen atoms in total. The van der Waals surface area contributed by atoms with Gasteiger partial charge in [-0.3, -0.25) is 4.79 Å². The Hall–Kier alpha value is -3.05. The smallest absolute Gasteiger partial charge is 0.264 e. The summed E-state index contributed by atoms with van der Waals surface area (Å²) in [6, 6.07) is 17.8. The Balaban J connectivity index is 1.74. The molecule has 0 atom stereocenters. The second-order valence-corrected chi connectivity index (χ2v) is 7.26. The van der Waals surface area contributed by atoms with E-state index in [0.29, 0.717) is 10.1 Å². The van der Waals surface area contributed by atoms with Crippen LogP contribution in [0.2, 0.25) is 0 Å². The quantitative estimate of drug-likeness (QED) is 0.515. The molecule has 0 aliphatic carbocycles. The predicted molar refractivity (Wildman–Crippen MR) is 114 cm³/mol. The van der Waals surface area contributed by atoms with Gasteiger partial charge in [-0.25, -0.2) is 4.99 Å². The number of nitrogens with zero attached hydrogens (tertiary/aromatic N) is 2. The molecule has 0 spiro atoms. The minimum absolute atomic E-state index is 0.116. The van der Waals surface area contributed by atoms with E-state index in [1.807, 2.05) is 54.6 Å². The number of nitrogens with one attached hydrogen (secondary N) is 1. The van der Waals surface area contributed by atoms with Crippen molar-refractivity contribution >= 4 is 45.5 Å². The van der Waals surface area contributed by atoms with Crippen molar-refractivity contribution in [1.29, 1.82) is 0 Å². The first-order valence-corrected chi connectivity index (χ1v) is 9.52. The first-order chi connectivity index (χ1) is 13.2. The van der Waals surface area contributed by atoms with Crippen LogP contribution in [-0.4, -0.2) is 15.6 Å². The van der Waals surface area contributed by atoms with E-state index < -0.39 is 0 Å².